The van der Waals surface area contributed by atoms with Crippen molar-refractivity contribution in [2.75, 3.05) is 0 Å². The van der Waals surface area contributed by atoms with Gasteiger partial charge in [0.1, 0.15) is 12.7 Å². The molecule has 20 heavy (non-hydrogen) atoms. The second-order valence-electron chi connectivity index (χ2n) is 4.67. The summed E-state index contributed by atoms with van der Waals surface area (Å²) < 4.78 is 1.06. The highest BCUT2D eigenvalue weighted by Crippen LogP contribution is 2.41. The van der Waals surface area contributed by atoms with Gasteiger partial charge in [-0.15, -0.1) is 11.8 Å². The first-order chi connectivity index (χ1) is 9.53. The number of hydrogen-bond acceptors (Lipinski definition) is 3. The van der Waals surface area contributed by atoms with Crippen LogP contribution < -0.4 is 0 Å². The monoisotopic (exact) mass is 329 g/mol. The van der Waals surface area contributed by atoms with E-state index in [2.05, 4.69) is 23.9 Å². The minimum atomic E-state index is -0.667. The fourth-order valence-corrected chi connectivity index (χ4v) is 3.86. The molecule has 0 N–H and O–H groups in total. The van der Waals surface area contributed by atoms with Crippen molar-refractivity contribution in [1.82, 2.24) is 14.8 Å². The maximum atomic E-state index is 6.84. The fourth-order valence-electron chi connectivity index (χ4n) is 1.80. The number of thioether (sulfide) groups is 1. The normalized spacial score (nSPS) is 15.8. The highest BCUT2D eigenvalue weighted by molar-refractivity contribution is 8.01. The van der Waals surface area contributed by atoms with E-state index in [-0.39, 0.29) is 0 Å². The van der Waals surface area contributed by atoms with Gasteiger partial charge in [0.2, 0.25) is 0 Å². The third kappa shape index (κ3) is 3.90. The molecule has 0 aliphatic heterocycles. The molecule has 3 nitrogen and oxygen atoms in total. The lowest BCUT2D eigenvalue weighted by atomic mass is 10.1. The average Bonchev–Trinajstić information content (AvgIpc) is 2.96. The summed E-state index contributed by atoms with van der Waals surface area (Å²) in [5.41, 5.74) is 1.12. The molecule has 0 bridgehead atoms. The molecule has 0 saturated heterocycles. The first-order valence-electron chi connectivity index (χ1n) is 6.50. The van der Waals surface area contributed by atoms with Crippen LogP contribution in [0.25, 0.3) is 0 Å². The molecule has 0 fully saturated rings. The Morgan fingerprint density at radius 3 is 2.60 bits per heavy atom. The molecular weight excluding hydrogens is 313 g/mol. The molecule has 6 heteroatoms. The topological polar surface area (TPSA) is 30.7 Å². The lowest BCUT2D eigenvalue weighted by Gasteiger charge is -2.29. The molecule has 2 atom stereocenters. The lowest BCUT2D eigenvalue weighted by molar-refractivity contribution is 0.534. The highest BCUT2D eigenvalue weighted by Gasteiger charge is 2.33. The van der Waals surface area contributed by atoms with Crippen molar-refractivity contribution >= 4 is 35.0 Å². The van der Waals surface area contributed by atoms with Crippen molar-refractivity contribution in [3.63, 3.8) is 0 Å². The third-order valence-corrected chi connectivity index (χ3v) is 5.31. The number of nitrogens with zero attached hydrogens (tertiary/aromatic N) is 3. The Morgan fingerprint density at radius 1 is 1.35 bits per heavy atom. The number of aromatic nitrogens is 3. The summed E-state index contributed by atoms with van der Waals surface area (Å²) in [6.45, 7) is 4.32. The Hall–Kier alpha value is -0.710. The summed E-state index contributed by atoms with van der Waals surface area (Å²) in [5.74, 6) is 0. The molecule has 0 saturated carbocycles. The number of rotatable bonds is 6. The number of alkyl halides is 1. The van der Waals surface area contributed by atoms with Crippen LogP contribution in [0.1, 0.15) is 25.8 Å². The first kappa shape index (κ1) is 15.7. The van der Waals surface area contributed by atoms with Gasteiger partial charge in [-0.2, -0.15) is 5.10 Å². The zero-order chi connectivity index (χ0) is 14.6. The summed E-state index contributed by atoms with van der Waals surface area (Å²) in [7, 11) is 0. The average molecular weight is 330 g/mol. The van der Waals surface area contributed by atoms with Crippen molar-refractivity contribution in [1.29, 1.82) is 0 Å². The zero-order valence-corrected chi connectivity index (χ0v) is 13.8. The molecule has 1 aromatic heterocycles. The minimum absolute atomic E-state index is 0.434. The maximum absolute atomic E-state index is 6.84. The van der Waals surface area contributed by atoms with Crippen molar-refractivity contribution in [2.45, 2.75) is 36.3 Å². The van der Waals surface area contributed by atoms with E-state index < -0.39 is 4.33 Å². The molecule has 108 valence electrons. The predicted octanol–water partition coefficient (Wildman–Crippen LogP) is 4.56. The molecule has 2 unspecified atom stereocenters. The van der Waals surface area contributed by atoms with Gasteiger partial charge in [0.05, 0.1) is 0 Å². The van der Waals surface area contributed by atoms with E-state index in [1.807, 2.05) is 24.3 Å². The van der Waals surface area contributed by atoms with Gasteiger partial charge in [-0.05, 0) is 24.1 Å². The summed E-state index contributed by atoms with van der Waals surface area (Å²) in [5, 5.41) is 5.38. The van der Waals surface area contributed by atoms with E-state index in [0.29, 0.717) is 11.7 Å². The van der Waals surface area contributed by atoms with Gasteiger partial charge in [-0.3, -0.25) is 0 Å². The minimum Gasteiger partial charge on any atom is -0.223 e. The van der Waals surface area contributed by atoms with Crippen molar-refractivity contribution < 1.29 is 0 Å². The zero-order valence-electron chi connectivity index (χ0n) is 11.5. The lowest BCUT2D eigenvalue weighted by Crippen LogP contribution is -2.29. The number of halogens is 2. The van der Waals surface area contributed by atoms with Gasteiger partial charge < -0.3 is 0 Å². The van der Waals surface area contributed by atoms with Crippen LogP contribution in [0.5, 0.6) is 0 Å². The highest BCUT2D eigenvalue weighted by atomic mass is 35.5. The molecule has 0 aliphatic rings. The van der Waals surface area contributed by atoms with Gasteiger partial charge in [0.15, 0.2) is 4.33 Å². The van der Waals surface area contributed by atoms with Crippen LogP contribution >= 0.6 is 35.0 Å². The smallest absolute Gasteiger partial charge is 0.187 e. The SMILES string of the molecule is CCC(C)SC(Cl)(Cc1ccc(Cl)cc1)n1cncn1. The Balaban J connectivity index is 2.24. The van der Waals surface area contributed by atoms with Crippen LogP contribution in [0.2, 0.25) is 5.02 Å². The molecule has 2 rings (SSSR count). The largest absolute Gasteiger partial charge is 0.223 e. The predicted molar refractivity (Wildman–Crippen MR) is 86.3 cm³/mol. The van der Waals surface area contributed by atoms with E-state index in [1.165, 1.54) is 6.33 Å². The van der Waals surface area contributed by atoms with Crippen LogP contribution in [-0.4, -0.2) is 20.0 Å². The number of hydrogen-bond donors (Lipinski definition) is 0. The van der Waals surface area contributed by atoms with Crippen LogP contribution in [0.3, 0.4) is 0 Å². The van der Waals surface area contributed by atoms with Crippen LogP contribution in [0.15, 0.2) is 36.9 Å². The Labute approximate surface area is 133 Å². The van der Waals surface area contributed by atoms with Crippen molar-refractivity contribution in [3.05, 3.63) is 47.5 Å². The van der Waals surface area contributed by atoms with Gasteiger partial charge in [0.25, 0.3) is 0 Å². The Morgan fingerprint density at radius 2 is 2.05 bits per heavy atom. The quantitative estimate of drug-likeness (QED) is 0.728. The van der Waals surface area contributed by atoms with E-state index in [9.17, 15) is 0 Å². The van der Waals surface area contributed by atoms with Crippen LogP contribution in [0.4, 0.5) is 0 Å². The van der Waals surface area contributed by atoms with Crippen molar-refractivity contribution in [2.24, 2.45) is 0 Å². The van der Waals surface area contributed by atoms with Crippen molar-refractivity contribution in [3.8, 4) is 0 Å². The molecule has 1 aromatic carbocycles. The second kappa shape index (κ2) is 6.83. The Bertz CT molecular complexity index is 530. The second-order valence-corrected chi connectivity index (χ2v) is 7.67. The fraction of sp³-hybridized carbons (Fsp3) is 0.429. The summed E-state index contributed by atoms with van der Waals surface area (Å²) in [4.78, 5) is 4.01. The van der Waals surface area contributed by atoms with Gasteiger partial charge in [-0.25, -0.2) is 9.67 Å². The number of benzene rings is 1. The van der Waals surface area contributed by atoms with Crippen LogP contribution in [0, 0.1) is 0 Å². The summed E-state index contributed by atoms with van der Waals surface area (Å²) in [6.07, 6.45) is 4.88. The maximum Gasteiger partial charge on any atom is 0.187 e. The molecule has 2 aromatic rings. The molecule has 0 aliphatic carbocycles. The molecular formula is C14H17Cl2N3S. The van der Waals surface area contributed by atoms with Crippen LogP contribution in [-0.2, 0) is 10.8 Å². The Kier molecular flexibility index (Phi) is 5.35. The third-order valence-electron chi connectivity index (χ3n) is 3.05. The van der Waals surface area contributed by atoms with E-state index in [1.54, 1.807) is 22.8 Å². The van der Waals surface area contributed by atoms with E-state index >= 15 is 0 Å². The first-order valence-corrected chi connectivity index (χ1v) is 8.13. The van der Waals surface area contributed by atoms with Gasteiger partial charge in [-0.1, -0.05) is 49.2 Å². The molecule has 0 radical (unpaired) electrons. The van der Waals surface area contributed by atoms with Gasteiger partial charge in [0, 0.05) is 16.7 Å². The van der Waals surface area contributed by atoms with Gasteiger partial charge >= 0.3 is 0 Å². The van der Waals surface area contributed by atoms with E-state index in [4.69, 9.17) is 23.2 Å². The molecule has 0 amide bonds. The standard InChI is InChI=1S/C14H17Cl2N3S/c1-3-11(2)20-14(16,19-10-17-9-18-19)8-12-4-6-13(15)7-5-12/h4-7,9-11H,3,8H2,1-2H3. The van der Waals surface area contributed by atoms with E-state index in [0.717, 1.165) is 17.0 Å². The molecule has 1 heterocycles. The molecule has 0 spiro atoms. The summed E-state index contributed by atoms with van der Waals surface area (Å²) in [6, 6.07) is 7.74. The summed E-state index contributed by atoms with van der Waals surface area (Å²) >= 11 is 14.5.